The van der Waals surface area contributed by atoms with Crippen molar-refractivity contribution in [2.75, 3.05) is 31.5 Å². The van der Waals surface area contributed by atoms with E-state index in [1.54, 1.807) is 4.90 Å². The van der Waals surface area contributed by atoms with Crippen LogP contribution in [0.1, 0.15) is 50.5 Å². The van der Waals surface area contributed by atoms with Gasteiger partial charge in [0.2, 0.25) is 5.91 Å². The maximum absolute atomic E-state index is 13.6. The monoisotopic (exact) mass is 385 g/mol. The summed E-state index contributed by atoms with van der Waals surface area (Å²) < 4.78 is 0. The summed E-state index contributed by atoms with van der Waals surface area (Å²) in [4.78, 5) is 30.1. The standard InChI is InChI=1S/C22H32N4O2/c1-17-8-3-4-10-19(17)23-21(28)24-22(11-5-2-6-12-22)20(27)26-15-14-25-13-7-9-18(25)16-26/h3-4,8,10,18H,2,5-7,9,11-16H2,1H3,(H2,23,24,28)/p+1/t18-/m1/s1. The van der Waals surface area contributed by atoms with Gasteiger partial charge < -0.3 is 20.4 Å². The molecule has 2 heterocycles. The van der Waals surface area contributed by atoms with E-state index in [2.05, 4.69) is 10.6 Å². The molecular formula is C22H33N4O2+. The van der Waals surface area contributed by atoms with Crippen molar-refractivity contribution in [2.45, 2.75) is 63.5 Å². The predicted octanol–water partition coefficient (Wildman–Crippen LogP) is 1.71. The van der Waals surface area contributed by atoms with Crippen molar-refractivity contribution in [3.63, 3.8) is 0 Å². The van der Waals surface area contributed by atoms with E-state index in [-0.39, 0.29) is 11.9 Å². The summed E-state index contributed by atoms with van der Waals surface area (Å²) in [6, 6.07) is 8.05. The van der Waals surface area contributed by atoms with Crippen LogP contribution in [0.15, 0.2) is 24.3 Å². The van der Waals surface area contributed by atoms with Crippen LogP contribution in [-0.4, -0.2) is 54.6 Å². The molecule has 4 rings (SSSR count). The van der Waals surface area contributed by atoms with Gasteiger partial charge in [-0.05, 0) is 31.4 Å². The Morgan fingerprint density at radius 1 is 1.11 bits per heavy atom. The van der Waals surface area contributed by atoms with Gasteiger partial charge in [-0.15, -0.1) is 0 Å². The first-order chi connectivity index (χ1) is 13.6. The third kappa shape index (κ3) is 3.88. The number of rotatable bonds is 3. The van der Waals surface area contributed by atoms with Crippen LogP contribution in [0.2, 0.25) is 0 Å². The van der Waals surface area contributed by atoms with Crippen molar-refractivity contribution in [1.82, 2.24) is 10.2 Å². The maximum atomic E-state index is 13.6. The first kappa shape index (κ1) is 19.2. The van der Waals surface area contributed by atoms with Gasteiger partial charge in [-0.2, -0.15) is 0 Å². The number of amides is 3. The Bertz CT molecular complexity index is 729. The third-order valence-corrected chi connectivity index (χ3v) is 6.92. The van der Waals surface area contributed by atoms with Crippen LogP contribution in [0.25, 0.3) is 0 Å². The number of benzene rings is 1. The van der Waals surface area contributed by atoms with Crippen LogP contribution in [0.5, 0.6) is 0 Å². The average Bonchev–Trinajstić information content (AvgIpc) is 3.17. The normalized spacial score (nSPS) is 26.4. The lowest BCUT2D eigenvalue weighted by molar-refractivity contribution is -0.916. The number of urea groups is 1. The average molecular weight is 386 g/mol. The molecule has 2 atom stereocenters. The number of hydrogen-bond acceptors (Lipinski definition) is 2. The number of nitrogens with zero attached hydrogens (tertiary/aromatic N) is 1. The maximum Gasteiger partial charge on any atom is 0.320 e. The Labute approximate surface area is 167 Å². The largest absolute Gasteiger partial charge is 0.330 e. The number of carbonyl (C=O) groups is 2. The summed E-state index contributed by atoms with van der Waals surface area (Å²) in [6.07, 6.45) is 7.08. The van der Waals surface area contributed by atoms with Gasteiger partial charge in [-0.3, -0.25) is 4.79 Å². The van der Waals surface area contributed by atoms with Gasteiger partial charge in [0.1, 0.15) is 11.6 Å². The number of para-hydroxylation sites is 1. The Morgan fingerprint density at radius 2 is 1.89 bits per heavy atom. The molecule has 2 aliphatic heterocycles. The number of quaternary nitrogens is 1. The van der Waals surface area contributed by atoms with E-state index < -0.39 is 5.54 Å². The summed E-state index contributed by atoms with van der Waals surface area (Å²) in [5.74, 6) is 0.137. The van der Waals surface area contributed by atoms with Crippen LogP contribution in [-0.2, 0) is 4.79 Å². The molecule has 3 amide bonds. The molecule has 1 aliphatic carbocycles. The van der Waals surface area contributed by atoms with Gasteiger partial charge in [0.25, 0.3) is 0 Å². The number of carbonyl (C=O) groups excluding carboxylic acids is 2. The Morgan fingerprint density at radius 3 is 2.68 bits per heavy atom. The zero-order valence-corrected chi connectivity index (χ0v) is 16.9. The minimum absolute atomic E-state index is 0.137. The SMILES string of the molecule is Cc1ccccc1NC(=O)NC1(C(=O)N2CC[NH+]3CCC[C@@H]3C2)CCCCC1. The highest BCUT2D eigenvalue weighted by molar-refractivity contribution is 5.96. The number of nitrogens with one attached hydrogen (secondary N) is 3. The number of anilines is 1. The molecule has 3 fully saturated rings. The highest BCUT2D eigenvalue weighted by Crippen LogP contribution is 2.31. The summed E-state index contributed by atoms with van der Waals surface area (Å²) in [5.41, 5.74) is 1.06. The Hall–Kier alpha value is -2.08. The van der Waals surface area contributed by atoms with Crippen LogP contribution < -0.4 is 15.5 Å². The van der Waals surface area contributed by atoms with Crippen molar-refractivity contribution in [2.24, 2.45) is 0 Å². The van der Waals surface area contributed by atoms with Gasteiger partial charge >= 0.3 is 6.03 Å². The molecule has 6 nitrogen and oxygen atoms in total. The van der Waals surface area contributed by atoms with Gasteiger partial charge in [0.05, 0.1) is 26.2 Å². The molecule has 0 bridgehead atoms. The third-order valence-electron chi connectivity index (χ3n) is 6.92. The zero-order valence-electron chi connectivity index (χ0n) is 16.9. The summed E-state index contributed by atoms with van der Waals surface area (Å²) in [7, 11) is 0. The quantitative estimate of drug-likeness (QED) is 0.742. The summed E-state index contributed by atoms with van der Waals surface area (Å²) >= 11 is 0. The predicted molar refractivity (Wildman–Crippen MR) is 109 cm³/mol. The van der Waals surface area contributed by atoms with Gasteiger partial charge in [-0.1, -0.05) is 37.5 Å². The lowest BCUT2D eigenvalue weighted by atomic mass is 9.80. The van der Waals surface area contributed by atoms with E-state index in [9.17, 15) is 9.59 Å². The molecule has 0 radical (unpaired) electrons. The molecule has 1 saturated carbocycles. The zero-order chi connectivity index (χ0) is 19.6. The Kier molecular flexibility index (Phi) is 5.58. The fourth-order valence-electron chi connectivity index (χ4n) is 5.29. The molecule has 1 aromatic rings. The second-order valence-corrected chi connectivity index (χ2v) is 8.79. The molecule has 3 aliphatic rings. The molecular weight excluding hydrogens is 352 g/mol. The van der Waals surface area contributed by atoms with E-state index >= 15 is 0 Å². The molecule has 1 unspecified atom stereocenters. The van der Waals surface area contributed by atoms with Crippen LogP contribution in [0, 0.1) is 6.92 Å². The highest BCUT2D eigenvalue weighted by Gasteiger charge is 2.46. The minimum atomic E-state index is -0.749. The molecule has 1 aromatic carbocycles. The number of hydrogen-bond donors (Lipinski definition) is 3. The lowest BCUT2D eigenvalue weighted by Gasteiger charge is -2.43. The van der Waals surface area contributed by atoms with Gasteiger partial charge in [-0.25, -0.2) is 4.79 Å². The summed E-state index contributed by atoms with van der Waals surface area (Å²) in [5, 5.41) is 6.07. The van der Waals surface area contributed by atoms with E-state index in [1.807, 2.05) is 36.1 Å². The second-order valence-electron chi connectivity index (χ2n) is 8.79. The molecule has 3 N–H and O–H groups in total. The fraction of sp³-hybridized carbons (Fsp3) is 0.636. The van der Waals surface area contributed by atoms with Crippen LogP contribution in [0.4, 0.5) is 10.5 Å². The van der Waals surface area contributed by atoms with Crippen LogP contribution in [0.3, 0.4) is 0 Å². The van der Waals surface area contributed by atoms with Crippen LogP contribution >= 0.6 is 0 Å². The van der Waals surface area contributed by atoms with Gasteiger partial charge in [0.15, 0.2) is 0 Å². The van der Waals surface area contributed by atoms with Crippen molar-refractivity contribution in [3.8, 4) is 0 Å². The van der Waals surface area contributed by atoms with Crippen molar-refractivity contribution >= 4 is 17.6 Å². The number of piperazine rings is 1. The number of aryl methyl sites for hydroxylation is 1. The van der Waals surface area contributed by atoms with Crippen molar-refractivity contribution < 1.29 is 14.5 Å². The van der Waals surface area contributed by atoms with Gasteiger partial charge in [0, 0.05) is 18.5 Å². The minimum Gasteiger partial charge on any atom is -0.330 e. The fourth-order valence-corrected chi connectivity index (χ4v) is 5.29. The van der Waals surface area contributed by atoms with E-state index in [1.165, 1.54) is 19.4 Å². The summed E-state index contributed by atoms with van der Waals surface area (Å²) in [6.45, 7) is 5.92. The van der Waals surface area contributed by atoms with E-state index in [0.717, 1.165) is 63.0 Å². The molecule has 6 heteroatoms. The second kappa shape index (κ2) is 8.11. The van der Waals surface area contributed by atoms with E-state index in [4.69, 9.17) is 0 Å². The molecule has 0 spiro atoms. The topological polar surface area (TPSA) is 65.9 Å². The lowest BCUT2D eigenvalue weighted by Crippen LogP contribution is -3.16. The number of fused-ring (bicyclic) bond motifs is 1. The molecule has 152 valence electrons. The first-order valence-electron chi connectivity index (χ1n) is 10.9. The van der Waals surface area contributed by atoms with E-state index in [0.29, 0.717) is 6.04 Å². The molecule has 28 heavy (non-hydrogen) atoms. The van der Waals surface area contributed by atoms with Crippen molar-refractivity contribution in [1.29, 1.82) is 0 Å². The highest BCUT2D eigenvalue weighted by atomic mass is 16.2. The molecule has 2 saturated heterocycles. The smallest absolute Gasteiger partial charge is 0.320 e. The van der Waals surface area contributed by atoms with Crippen molar-refractivity contribution in [3.05, 3.63) is 29.8 Å². The Balaban J connectivity index is 1.47. The first-order valence-corrected chi connectivity index (χ1v) is 10.9. The molecule has 0 aromatic heterocycles.